The lowest BCUT2D eigenvalue weighted by molar-refractivity contribution is -0.125. The molecule has 1 aromatic rings. The number of esters is 1. The van der Waals surface area contributed by atoms with Gasteiger partial charge < -0.3 is 10.1 Å². The van der Waals surface area contributed by atoms with Gasteiger partial charge in [0, 0.05) is 6.04 Å². The van der Waals surface area contributed by atoms with E-state index in [9.17, 15) is 9.59 Å². The molecule has 1 aliphatic carbocycles. The van der Waals surface area contributed by atoms with Crippen LogP contribution >= 0.6 is 22.9 Å². The molecule has 2 rings (SSSR count). The number of ether oxygens (including phenoxy) is 1. The average Bonchev–Trinajstić information content (AvgIpc) is 2.70. The third kappa shape index (κ3) is 4.80. The van der Waals surface area contributed by atoms with Gasteiger partial charge in [-0.15, -0.1) is 11.3 Å². The van der Waals surface area contributed by atoms with Crippen molar-refractivity contribution in [1.82, 2.24) is 5.32 Å². The molecule has 1 saturated carbocycles. The summed E-state index contributed by atoms with van der Waals surface area (Å²) in [4.78, 5) is 23.8. The lowest BCUT2D eigenvalue weighted by Gasteiger charge is -2.15. The second-order valence-electron chi connectivity index (χ2n) is 4.94. The highest BCUT2D eigenvalue weighted by Crippen LogP contribution is 2.22. The van der Waals surface area contributed by atoms with E-state index >= 15 is 0 Å². The molecule has 0 radical (unpaired) electrons. The molecule has 1 aliphatic rings. The largest absolute Gasteiger partial charge is 0.451 e. The molecule has 0 bridgehead atoms. The molecule has 0 aromatic carbocycles. The number of carbonyl (C=O) groups excluding carboxylic acids is 2. The predicted octanol–water partition coefficient (Wildman–Crippen LogP) is 3.40. The van der Waals surface area contributed by atoms with E-state index in [0.29, 0.717) is 9.21 Å². The SMILES string of the molecule is O=C(COC(=O)c1ccc(Cl)s1)NC1CCCCCC1. The lowest BCUT2D eigenvalue weighted by atomic mass is 10.1. The Morgan fingerprint density at radius 1 is 1.25 bits per heavy atom. The highest BCUT2D eigenvalue weighted by molar-refractivity contribution is 7.17. The van der Waals surface area contributed by atoms with Crippen molar-refractivity contribution in [1.29, 1.82) is 0 Å². The normalized spacial score (nSPS) is 16.4. The standard InChI is InChI=1S/C14H18ClNO3S/c15-12-8-7-11(20-12)14(18)19-9-13(17)16-10-5-3-1-2-4-6-10/h7-8,10H,1-6,9H2,(H,16,17). The minimum absolute atomic E-state index is 0.222. The van der Waals surface area contributed by atoms with Crippen LogP contribution < -0.4 is 5.32 Å². The molecule has 110 valence electrons. The first kappa shape index (κ1) is 15.3. The average molecular weight is 316 g/mol. The fourth-order valence-electron chi connectivity index (χ4n) is 2.32. The zero-order valence-electron chi connectivity index (χ0n) is 11.2. The van der Waals surface area contributed by atoms with Crippen molar-refractivity contribution in [3.05, 3.63) is 21.3 Å². The van der Waals surface area contributed by atoms with Crippen molar-refractivity contribution in [2.75, 3.05) is 6.61 Å². The minimum atomic E-state index is -0.502. The Balaban J connectivity index is 1.73. The van der Waals surface area contributed by atoms with E-state index in [0.717, 1.165) is 37.0 Å². The summed E-state index contributed by atoms with van der Waals surface area (Å²) in [6, 6.07) is 3.45. The number of hydrogen-bond acceptors (Lipinski definition) is 4. The van der Waals surface area contributed by atoms with Crippen LogP contribution in [0.3, 0.4) is 0 Å². The second kappa shape index (κ2) is 7.64. The number of halogens is 1. The van der Waals surface area contributed by atoms with Crippen LogP contribution in [0.2, 0.25) is 4.34 Å². The summed E-state index contributed by atoms with van der Waals surface area (Å²) >= 11 is 6.89. The van der Waals surface area contributed by atoms with Crippen molar-refractivity contribution in [2.24, 2.45) is 0 Å². The maximum absolute atomic E-state index is 11.8. The Morgan fingerprint density at radius 3 is 2.55 bits per heavy atom. The first-order valence-electron chi connectivity index (χ1n) is 6.87. The van der Waals surface area contributed by atoms with Crippen LogP contribution in [0.1, 0.15) is 48.2 Å². The monoisotopic (exact) mass is 315 g/mol. The summed E-state index contributed by atoms with van der Waals surface area (Å²) in [6.07, 6.45) is 6.80. The molecule has 20 heavy (non-hydrogen) atoms. The van der Waals surface area contributed by atoms with Crippen LogP contribution in [0.25, 0.3) is 0 Å². The number of nitrogens with one attached hydrogen (secondary N) is 1. The van der Waals surface area contributed by atoms with Crippen LogP contribution in [0, 0.1) is 0 Å². The molecule has 0 spiro atoms. The molecule has 1 aromatic heterocycles. The Kier molecular flexibility index (Phi) is 5.86. The Bertz CT molecular complexity index is 467. The number of thiophene rings is 1. The van der Waals surface area contributed by atoms with Crippen molar-refractivity contribution in [3.63, 3.8) is 0 Å². The highest BCUT2D eigenvalue weighted by atomic mass is 35.5. The third-order valence-corrected chi connectivity index (χ3v) is 4.54. The third-order valence-electron chi connectivity index (χ3n) is 3.33. The number of rotatable bonds is 4. The molecule has 1 heterocycles. The molecular weight excluding hydrogens is 298 g/mol. The maximum Gasteiger partial charge on any atom is 0.348 e. The number of amides is 1. The fourth-order valence-corrected chi connectivity index (χ4v) is 3.26. The fraction of sp³-hybridized carbons (Fsp3) is 0.571. The van der Waals surface area contributed by atoms with Crippen LogP contribution in [-0.4, -0.2) is 24.5 Å². The van der Waals surface area contributed by atoms with Crippen molar-refractivity contribution >= 4 is 34.8 Å². The molecule has 1 amide bonds. The summed E-state index contributed by atoms with van der Waals surface area (Å²) in [7, 11) is 0. The van der Waals surface area contributed by atoms with Crippen LogP contribution in [0.4, 0.5) is 0 Å². The van der Waals surface area contributed by atoms with Gasteiger partial charge in [0.25, 0.3) is 5.91 Å². The van der Waals surface area contributed by atoms with E-state index in [1.807, 2.05) is 0 Å². The number of hydrogen-bond donors (Lipinski definition) is 1. The molecule has 0 unspecified atom stereocenters. The Morgan fingerprint density at radius 2 is 1.95 bits per heavy atom. The van der Waals surface area contributed by atoms with Gasteiger partial charge in [-0.1, -0.05) is 37.3 Å². The smallest absolute Gasteiger partial charge is 0.348 e. The van der Waals surface area contributed by atoms with Crippen molar-refractivity contribution in [2.45, 2.75) is 44.6 Å². The molecule has 6 heteroatoms. The maximum atomic E-state index is 11.8. The summed E-state index contributed by atoms with van der Waals surface area (Å²) in [5.74, 6) is -0.731. The summed E-state index contributed by atoms with van der Waals surface area (Å²) in [5.41, 5.74) is 0. The topological polar surface area (TPSA) is 55.4 Å². The van der Waals surface area contributed by atoms with E-state index in [-0.39, 0.29) is 18.6 Å². The molecular formula is C14H18ClNO3S. The van der Waals surface area contributed by atoms with Crippen LogP contribution in [0.15, 0.2) is 12.1 Å². The Labute approximate surface area is 127 Å². The first-order valence-corrected chi connectivity index (χ1v) is 8.06. The van der Waals surface area contributed by atoms with Gasteiger partial charge in [-0.25, -0.2) is 4.79 Å². The molecule has 0 atom stereocenters. The van der Waals surface area contributed by atoms with Gasteiger partial charge in [0.2, 0.25) is 0 Å². The van der Waals surface area contributed by atoms with Gasteiger partial charge in [0.1, 0.15) is 4.88 Å². The van der Waals surface area contributed by atoms with E-state index in [2.05, 4.69) is 5.32 Å². The minimum Gasteiger partial charge on any atom is -0.451 e. The lowest BCUT2D eigenvalue weighted by Crippen LogP contribution is -2.37. The van der Waals surface area contributed by atoms with E-state index in [1.54, 1.807) is 12.1 Å². The van der Waals surface area contributed by atoms with Crippen molar-refractivity contribution in [3.8, 4) is 0 Å². The van der Waals surface area contributed by atoms with Gasteiger partial charge in [0.05, 0.1) is 4.34 Å². The molecule has 0 saturated heterocycles. The molecule has 4 nitrogen and oxygen atoms in total. The second-order valence-corrected chi connectivity index (χ2v) is 6.65. The summed E-state index contributed by atoms with van der Waals surface area (Å²) in [6.45, 7) is -0.231. The van der Waals surface area contributed by atoms with Crippen molar-refractivity contribution < 1.29 is 14.3 Å². The molecule has 1 fully saturated rings. The predicted molar refractivity (Wildman–Crippen MR) is 79.2 cm³/mol. The van der Waals surface area contributed by atoms with E-state index in [4.69, 9.17) is 16.3 Å². The summed E-state index contributed by atoms with van der Waals surface area (Å²) in [5, 5.41) is 2.93. The first-order chi connectivity index (χ1) is 9.65. The molecule has 1 N–H and O–H groups in total. The van der Waals surface area contributed by atoms with Gasteiger partial charge >= 0.3 is 5.97 Å². The zero-order chi connectivity index (χ0) is 14.4. The van der Waals surface area contributed by atoms with Gasteiger partial charge in [0.15, 0.2) is 6.61 Å². The summed E-state index contributed by atoms with van der Waals surface area (Å²) < 4.78 is 5.50. The van der Waals surface area contributed by atoms with E-state index < -0.39 is 5.97 Å². The van der Waals surface area contributed by atoms with Gasteiger partial charge in [-0.2, -0.15) is 0 Å². The Hall–Kier alpha value is -1.07. The molecule has 0 aliphatic heterocycles. The van der Waals surface area contributed by atoms with Crippen LogP contribution in [0.5, 0.6) is 0 Å². The van der Waals surface area contributed by atoms with E-state index in [1.165, 1.54) is 12.8 Å². The van der Waals surface area contributed by atoms with Gasteiger partial charge in [-0.05, 0) is 25.0 Å². The van der Waals surface area contributed by atoms with Gasteiger partial charge in [-0.3, -0.25) is 4.79 Å². The highest BCUT2D eigenvalue weighted by Gasteiger charge is 2.16. The zero-order valence-corrected chi connectivity index (χ0v) is 12.8. The van der Waals surface area contributed by atoms with Crippen LogP contribution in [-0.2, 0) is 9.53 Å². The number of carbonyl (C=O) groups is 2. The quantitative estimate of drug-likeness (QED) is 0.684.